The molecule has 4 rings (SSSR count). The van der Waals surface area contributed by atoms with E-state index >= 15 is 0 Å². The van der Waals surface area contributed by atoms with Crippen LogP contribution >= 0.6 is 11.6 Å². The SMILES string of the molecule is CCCCc1ncc(/C=C(\Cc2ccc3c(c2)OCO3)C(=O)[O-])n1Cc1ccccc1Cl. The van der Waals surface area contributed by atoms with Gasteiger partial charge < -0.3 is 23.9 Å². The molecule has 0 N–H and O–H groups in total. The number of benzene rings is 2. The predicted octanol–water partition coefficient (Wildman–Crippen LogP) is 4.03. The van der Waals surface area contributed by atoms with Crippen LogP contribution in [0.2, 0.25) is 5.02 Å². The Morgan fingerprint density at radius 2 is 2.03 bits per heavy atom. The number of carbonyl (C=O) groups excluding carboxylic acids is 1. The molecule has 1 aromatic heterocycles. The van der Waals surface area contributed by atoms with E-state index in [0.29, 0.717) is 28.8 Å². The number of ether oxygens (including phenoxy) is 2. The number of hydrogen-bond acceptors (Lipinski definition) is 5. The highest BCUT2D eigenvalue weighted by molar-refractivity contribution is 6.31. The zero-order valence-electron chi connectivity index (χ0n) is 17.8. The minimum absolute atomic E-state index is 0.159. The van der Waals surface area contributed by atoms with Gasteiger partial charge in [0.25, 0.3) is 0 Å². The second kappa shape index (κ2) is 9.92. The van der Waals surface area contributed by atoms with Gasteiger partial charge in [-0.25, -0.2) is 4.98 Å². The minimum Gasteiger partial charge on any atom is -0.545 e. The number of imidazole rings is 1. The van der Waals surface area contributed by atoms with Crippen molar-refractivity contribution in [3.8, 4) is 11.5 Å². The van der Waals surface area contributed by atoms with Crippen molar-refractivity contribution in [3.05, 3.63) is 81.9 Å². The first kappa shape index (κ1) is 22.0. The third kappa shape index (κ3) is 4.97. The largest absolute Gasteiger partial charge is 0.545 e. The van der Waals surface area contributed by atoms with E-state index in [1.807, 2.05) is 34.9 Å². The number of unbranched alkanes of at least 4 members (excludes halogenated alkanes) is 1. The second-order valence-electron chi connectivity index (χ2n) is 7.70. The molecule has 1 aliphatic heterocycles. The summed E-state index contributed by atoms with van der Waals surface area (Å²) in [6, 6.07) is 13.1. The van der Waals surface area contributed by atoms with Gasteiger partial charge >= 0.3 is 0 Å². The smallest absolute Gasteiger partial charge is 0.231 e. The van der Waals surface area contributed by atoms with Crippen LogP contribution in [0.25, 0.3) is 6.08 Å². The van der Waals surface area contributed by atoms with Crippen molar-refractivity contribution in [1.29, 1.82) is 0 Å². The van der Waals surface area contributed by atoms with Crippen LogP contribution in [0.1, 0.15) is 42.4 Å². The van der Waals surface area contributed by atoms with Gasteiger partial charge in [-0.05, 0) is 53.8 Å². The fourth-order valence-corrected chi connectivity index (χ4v) is 3.89. The van der Waals surface area contributed by atoms with Gasteiger partial charge in [0.15, 0.2) is 11.5 Å². The Balaban J connectivity index is 1.67. The lowest BCUT2D eigenvalue weighted by molar-refractivity contribution is -0.299. The number of aromatic nitrogens is 2. The van der Waals surface area contributed by atoms with E-state index in [2.05, 4.69) is 11.9 Å². The third-order valence-electron chi connectivity index (χ3n) is 5.43. The maximum atomic E-state index is 12.0. The van der Waals surface area contributed by atoms with Crippen molar-refractivity contribution >= 4 is 23.6 Å². The molecule has 0 aliphatic carbocycles. The van der Waals surface area contributed by atoms with Crippen LogP contribution in [0.3, 0.4) is 0 Å². The van der Waals surface area contributed by atoms with Crippen LogP contribution in [-0.2, 0) is 24.2 Å². The Labute approximate surface area is 192 Å². The number of aliphatic carboxylic acids is 1. The molecule has 6 nitrogen and oxygen atoms in total. The number of aryl methyl sites for hydroxylation is 1. The van der Waals surface area contributed by atoms with Crippen LogP contribution in [0, 0.1) is 0 Å². The lowest BCUT2D eigenvalue weighted by atomic mass is 10.0. The molecule has 0 radical (unpaired) electrons. The van der Waals surface area contributed by atoms with Crippen molar-refractivity contribution in [3.63, 3.8) is 0 Å². The van der Waals surface area contributed by atoms with E-state index in [1.165, 1.54) is 0 Å². The van der Waals surface area contributed by atoms with Gasteiger partial charge in [0.1, 0.15) is 5.82 Å². The molecule has 32 heavy (non-hydrogen) atoms. The molecule has 0 spiro atoms. The van der Waals surface area contributed by atoms with E-state index in [9.17, 15) is 9.90 Å². The Morgan fingerprint density at radius 1 is 1.22 bits per heavy atom. The number of carboxylic acids is 1. The van der Waals surface area contributed by atoms with Crippen molar-refractivity contribution in [1.82, 2.24) is 9.55 Å². The number of fused-ring (bicyclic) bond motifs is 1. The standard InChI is InChI=1S/C25H25ClN2O4/c1-2-3-8-24-27-14-20(28(24)15-18-6-4-5-7-21(18)26)13-19(25(29)30)11-17-9-10-22-23(12-17)32-16-31-22/h4-7,9-10,12-14H,2-3,8,11,15-16H2,1H3,(H,29,30)/p-1/b19-13+. The van der Waals surface area contributed by atoms with E-state index in [4.69, 9.17) is 21.1 Å². The molecule has 0 fully saturated rings. The van der Waals surface area contributed by atoms with E-state index in [0.717, 1.165) is 36.2 Å². The maximum Gasteiger partial charge on any atom is 0.231 e. The average molecular weight is 452 g/mol. The molecule has 0 saturated heterocycles. The highest BCUT2D eigenvalue weighted by Gasteiger charge is 2.15. The van der Waals surface area contributed by atoms with Gasteiger partial charge in [-0.2, -0.15) is 0 Å². The van der Waals surface area contributed by atoms with Crippen LogP contribution in [0.5, 0.6) is 11.5 Å². The number of hydrogen-bond donors (Lipinski definition) is 0. The summed E-state index contributed by atoms with van der Waals surface area (Å²) in [4.78, 5) is 16.5. The molecular formula is C25H24ClN2O4-. The van der Waals surface area contributed by atoms with Crippen LogP contribution < -0.4 is 14.6 Å². The molecule has 0 unspecified atom stereocenters. The summed E-state index contributed by atoms with van der Waals surface area (Å²) >= 11 is 6.38. The topological polar surface area (TPSA) is 76.4 Å². The number of rotatable bonds is 9. The fraction of sp³-hybridized carbons (Fsp3) is 0.280. The number of halogens is 1. The Morgan fingerprint density at radius 3 is 2.81 bits per heavy atom. The molecule has 2 heterocycles. The van der Waals surface area contributed by atoms with Crippen molar-refractivity contribution < 1.29 is 19.4 Å². The molecule has 1 aliphatic rings. The van der Waals surface area contributed by atoms with E-state index < -0.39 is 5.97 Å². The number of nitrogens with zero attached hydrogens (tertiary/aromatic N) is 2. The zero-order valence-corrected chi connectivity index (χ0v) is 18.6. The summed E-state index contributed by atoms with van der Waals surface area (Å²) < 4.78 is 12.8. The normalized spacial score (nSPS) is 12.9. The van der Waals surface area contributed by atoms with Crippen molar-refractivity contribution in [2.45, 2.75) is 39.2 Å². The fourth-order valence-electron chi connectivity index (χ4n) is 3.69. The lowest BCUT2D eigenvalue weighted by Gasteiger charge is -2.14. The van der Waals surface area contributed by atoms with E-state index in [1.54, 1.807) is 24.4 Å². The number of carboxylic acid groups (broad SMARTS) is 1. The molecular weight excluding hydrogens is 428 g/mol. The van der Waals surface area contributed by atoms with Crippen molar-refractivity contribution in [2.75, 3.05) is 6.79 Å². The first-order valence-corrected chi connectivity index (χ1v) is 11.0. The molecule has 166 valence electrons. The van der Waals surface area contributed by atoms with Gasteiger partial charge in [-0.3, -0.25) is 0 Å². The van der Waals surface area contributed by atoms with Gasteiger partial charge in [-0.15, -0.1) is 0 Å². The van der Waals surface area contributed by atoms with Gasteiger partial charge in [0.05, 0.1) is 24.4 Å². The first-order valence-electron chi connectivity index (χ1n) is 10.6. The average Bonchev–Trinajstić information content (AvgIpc) is 3.40. The molecule has 0 amide bonds. The third-order valence-corrected chi connectivity index (χ3v) is 5.79. The van der Waals surface area contributed by atoms with Gasteiger partial charge in [0, 0.05) is 11.4 Å². The predicted molar refractivity (Wildman–Crippen MR) is 121 cm³/mol. The lowest BCUT2D eigenvalue weighted by Crippen LogP contribution is -2.25. The van der Waals surface area contributed by atoms with E-state index in [-0.39, 0.29) is 18.8 Å². The Kier molecular flexibility index (Phi) is 6.81. The highest BCUT2D eigenvalue weighted by Crippen LogP contribution is 2.33. The second-order valence-corrected chi connectivity index (χ2v) is 8.11. The molecule has 7 heteroatoms. The molecule has 0 saturated carbocycles. The molecule has 2 aromatic carbocycles. The summed E-state index contributed by atoms with van der Waals surface area (Å²) in [6.45, 7) is 2.81. The highest BCUT2D eigenvalue weighted by atomic mass is 35.5. The van der Waals surface area contributed by atoms with Gasteiger partial charge in [-0.1, -0.05) is 49.2 Å². The first-order chi connectivity index (χ1) is 15.5. The quantitative estimate of drug-likeness (QED) is 0.459. The Hall–Kier alpha value is -3.25. The molecule has 0 atom stereocenters. The summed E-state index contributed by atoms with van der Waals surface area (Å²) in [7, 11) is 0. The van der Waals surface area contributed by atoms with Crippen LogP contribution in [-0.4, -0.2) is 22.3 Å². The molecule has 0 bridgehead atoms. The Bertz CT molecular complexity index is 1150. The summed E-state index contributed by atoms with van der Waals surface area (Å²) in [5.41, 5.74) is 2.61. The molecule has 3 aromatic rings. The minimum atomic E-state index is -1.22. The van der Waals surface area contributed by atoms with Crippen molar-refractivity contribution in [2.24, 2.45) is 0 Å². The summed E-state index contributed by atoms with van der Waals surface area (Å²) in [5.74, 6) is 0.957. The summed E-state index contributed by atoms with van der Waals surface area (Å²) in [6.07, 6.45) is 6.38. The zero-order chi connectivity index (χ0) is 22.5. The maximum absolute atomic E-state index is 12.0. The summed E-state index contributed by atoms with van der Waals surface area (Å²) in [5, 5.41) is 12.6. The van der Waals surface area contributed by atoms with Gasteiger partial charge in [0.2, 0.25) is 6.79 Å². The number of carbonyl (C=O) groups is 1. The monoisotopic (exact) mass is 451 g/mol. The van der Waals surface area contributed by atoms with Crippen LogP contribution in [0.15, 0.2) is 54.2 Å². The van der Waals surface area contributed by atoms with Crippen LogP contribution in [0.4, 0.5) is 0 Å².